The second-order valence-electron chi connectivity index (χ2n) is 9.92. The van der Waals surface area contributed by atoms with Crippen LogP contribution in [0, 0.1) is 6.92 Å². The van der Waals surface area contributed by atoms with Gasteiger partial charge in [-0.3, -0.25) is 9.69 Å². The fraction of sp³-hybridized carbons (Fsp3) is 0.448. The molecule has 4 rings (SSSR count). The summed E-state index contributed by atoms with van der Waals surface area (Å²) in [6, 6.07) is 13.5. The van der Waals surface area contributed by atoms with Crippen LogP contribution in [0.15, 0.2) is 61.2 Å². The van der Waals surface area contributed by atoms with Crippen LogP contribution in [0.2, 0.25) is 0 Å². The molecule has 10 nitrogen and oxygen atoms in total. The zero-order chi connectivity index (χ0) is 27.7. The minimum absolute atomic E-state index is 0.0333. The smallest absolute Gasteiger partial charge is 0.248 e. The molecule has 1 aliphatic heterocycles. The van der Waals surface area contributed by atoms with Gasteiger partial charge in [0.1, 0.15) is 31.2 Å². The number of aryl methyl sites for hydroxylation is 1. The first-order chi connectivity index (χ1) is 18.9. The molecular weight excluding hydrogens is 500 g/mol. The number of methoxy groups -OCH3 is 2. The summed E-state index contributed by atoms with van der Waals surface area (Å²) in [6.45, 7) is 5.31. The molecule has 0 bridgehead atoms. The first-order valence-electron chi connectivity index (χ1n) is 13.0. The maximum Gasteiger partial charge on any atom is 0.248 e. The molecule has 10 heteroatoms. The summed E-state index contributed by atoms with van der Waals surface area (Å²) in [5.74, 6) is 1.82. The van der Waals surface area contributed by atoms with E-state index in [4.69, 9.17) is 18.9 Å². The van der Waals surface area contributed by atoms with Crippen molar-refractivity contribution < 1.29 is 28.8 Å². The molecule has 0 aliphatic carbocycles. The molecule has 2 heterocycles. The minimum atomic E-state index is -1.27. The quantitative estimate of drug-likeness (QED) is 0.375. The van der Waals surface area contributed by atoms with Crippen molar-refractivity contribution in [3.05, 3.63) is 72.3 Å². The number of amides is 1. The number of rotatable bonds is 12. The summed E-state index contributed by atoms with van der Waals surface area (Å²) < 4.78 is 24.5. The lowest BCUT2D eigenvalue weighted by atomic mass is 10.0. The van der Waals surface area contributed by atoms with E-state index < -0.39 is 5.60 Å². The number of carbonyl (C=O) groups excluding carboxylic acids is 1. The van der Waals surface area contributed by atoms with Crippen LogP contribution in [-0.2, 0) is 22.6 Å². The predicted molar refractivity (Wildman–Crippen MR) is 146 cm³/mol. The lowest BCUT2D eigenvalue weighted by Crippen LogP contribution is -2.52. The van der Waals surface area contributed by atoms with E-state index in [1.807, 2.05) is 60.2 Å². The summed E-state index contributed by atoms with van der Waals surface area (Å²) in [4.78, 5) is 20.5. The number of hydrogen-bond acceptors (Lipinski definition) is 8. The van der Waals surface area contributed by atoms with Crippen molar-refractivity contribution in [2.45, 2.75) is 25.6 Å². The van der Waals surface area contributed by atoms with Gasteiger partial charge in [0.2, 0.25) is 5.91 Å². The molecule has 1 saturated heterocycles. The van der Waals surface area contributed by atoms with Gasteiger partial charge in [0, 0.05) is 45.7 Å². The SMILES string of the molecule is COCC(=O)N1CCN(Cc2ccc(OCCn3ccnc3)c(OC)c2)C[C@](O)(COc2ccc(C)cc2)C1. The zero-order valence-corrected chi connectivity index (χ0v) is 22.9. The van der Waals surface area contributed by atoms with Gasteiger partial charge in [-0.05, 0) is 36.8 Å². The van der Waals surface area contributed by atoms with E-state index >= 15 is 0 Å². The molecule has 2 aromatic carbocycles. The van der Waals surface area contributed by atoms with Crippen LogP contribution < -0.4 is 14.2 Å². The second-order valence-corrected chi connectivity index (χ2v) is 9.92. The third-order valence-corrected chi connectivity index (χ3v) is 6.64. The van der Waals surface area contributed by atoms with Gasteiger partial charge >= 0.3 is 0 Å². The Labute approximate surface area is 229 Å². The molecular formula is C29H38N4O6. The van der Waals surface area contributed by atoms with Crippen LogP contribution in [0.1, 0.15) is 11.1 Å². The summed E-state index contributed by atoms with van der Waals surface area (Å²) in [5.41, 5.74) is 0.862. The number of imidazole rings is 1. The molecule has 1 fully saturated rings. The molecule has 0 saturated carbocycles. The largest absolute Gasteiger partial charge is 0.493 e. The molecule has 1 atom stereocenters. The van der Waals surface area contributed by atoms with Gasteiger partial charge in [-0.15, -0.1) is 0 Å². The maximum atomic E-state index is 12.7. The molecule has 0 spiro atoms. The summed E-state index contributed by atoms with van der Waals surface area (Å²) >= 11 is 0. The van der Waals surface area contributed by atoms with Crippen LogP contribution in [0.4, 0.5) is 0 Å². The van der Waals surface area contributed by atoms with E-state index in [1.165, 1.54) is 7.11 Å². The molecule has 3 aromatic rings. The van der Waals surface area contributed by atoms with Gasteiger partial charge in [-0.1, -0.05) is 23.8 Å². The molecule has 0 radical (unpaired) electrons. The summed E-state index contributed by atoms with van der Waals surface area (Å²) in [5, 5.41) is 11.7. The minimum Gasteiger partial charge on any atom is -0.493 e. The Morgan fingerprint density at radius 1 is 1.05 bits per heavy atom. The van der Waals surface area contributed by atoms with Gasteiger partial charge in [-0.25, -0.2) is 4.98 Å². The highest BCUT2D eigenvalue weighted by atomic mass is 16.5. The van der Waals surface area contributed by atoms with Crippen LogP contribution in [-0.4, -0.2) is 96.2 Å². The molecule has 1 aromatic heterocycles. The van der Waals surface area contributed by atoms with Gasteiger partial charge in [0.15, 0.2) is 11.5 Å². The number of aliphatic hydroxyl groups is 1. The highest BCUT2D eigenvalue weighted by Crippen LogP contribution is 2.29. The average Bonchev–Trinajstić information content (AvgIpc) is 3.39. The topological polar surface area (TPSA) is 98.5 Å². The van der Waals surface area contributed by atoms with Crippen molar-refractivity contribution >= 4 is 5.91 Å². The summed E-state index contributed by atoms with van der Waals surface area (Å²) in [6.07, 6.45) is 5.38. The van der Waals surface area contributed by atoms with Crippen molar-refractivity contribution in [1.82, 2.24) is 19.4 Å². The standard InChI is InChI=1S/C29H38N4O6/c1-23-4-7-25(8-5-23)39-21-29(35)19-32(12-13-33(20-29)28(34)18-36-2)17-24-6-9-26(27(16-24)37-3)38-15-14-31-11-10-30-22-31/h4-11,16,22,35H,12-15,17-21H2,1-3H3/t29-/m1/s1. The Morgan fingerprint density at radius 2 is 1.87 bits per heavy atom. The molecule has 0 unspecified atom stereocenters. The van der Waals surface area contributed by atoms with Crippen molar-refractivity contribution in [3.63, 3.8) is 0 Å². The first kappa shape index (κ1) is 28.4. The fourth-order valence-electron chi connectivity index (χ4n) is 4.62. The van der Waals surface area contributed by atoms with Gasteiger partial charge < -0.3 is 33.5 Å². The Bertz CT molecular complexity index is 1190. The normalized spacial score (nSPS) is 18.0. The monoisotopic (exact) mass is 538 g/mol. The molecule has 1 aliphatic rings. The van der Waals surface area contributed by atoms with E-state index in [9.17, 15) is 9.90 Å². The predicted octanol–water partition coefficient (Wildman–Crippen LogP) is 2.38. The molecule has 210 valence electrons. The lowest BCUT2D eigenvalue weighted by molar-refractivity contribution is -0.138. The number of aromatic nitrogens is 2. The Kier molecular flexibility index (Phi) is 9.80. The highest BCUT2D eigenvalue weighted by molar-refractivity contribution is 5.77. The highest BCUT2D eigenvalue weighted by Gasteiger charge is 2.37. The van der Waals surface area contributed by atoms with Gasteiger partial charge in [0.25, 0.3) is 0 Å². The van der Waals surface area contributed by atoms with Crippen molar-refractivity contribution in [2.75, 3.05) is 60.2 Å². The third kappa shape index (κ3) is 8.19. The van der Waals surface area contributed by atoms with Gasteiger partial charge in [-0.2, -0.15) is 0 Å². The number of nitrogens with zero attached hydrogens (tertiary/aromatic N) is 4. The Hall–Kier alpha value is -3.60. The van der Waals surface area contributed by atoms with Gasteiger partial charge in [0.05, 0.1) is 26.5 Å². The second kappa shape index (κ2) is 13.5. The lowest BCUT2D eigenvalue weighted by Gasteiger charge is -2.33. The van der Waals surface area contributed by atoms with E-state index in [0.717, 1.165) is 11.1 Å². The number of β-amino-alcohol motifs (C(OH)–C–C–N with tert-alkyl or cyclic N) is 1. The van der Waals surface area contributed by atoms with Crippen molar-refractivity contribution in [1.29, 1.82) is 0 Å². The maximum absolute atomic E-state index is 12.7. The van der Waals surface area contributed by atoms with Crippen LogP contribution >= 0.6 is 0 Å². The number of hydrogen-bond donors (Lipinski definition) is 1. The summed E-state index contributed by atoms with van der Waals surface area (Å²) in [7, 11) is 3.11. The number of ether oxygens (including phenoxy) is 4. The zero-order valence-electron chi connectivity index (χ0n) is 22.9. The molecule has 39 heavy (non-hydrogen) atoms. The Balaban J connectivity index is 1.44. The third-order valence-electron chi connectivity index (χ3n) is 6.64. The number of benzene rings is 2. The van der Waals surface area contributed by atoms with E-state index in [2.05, 4.69) is 9.88 Å². The number of carbonyl (C=O) groups is 1. The van der Waals surface area contributed by atoms with Crippen molar-refractivity contribution in [3.8, 4) is 17.2 Å². The van der Waals surface area contributed by atoms with E-state index in [-0.39, 0.29) is 25.7 Å². The average molecular weight is 539 g/mol. The van der Waals surface area contributed by atoms with Crippen LogP contribution in [0.3, 0.4) is 0 Å². The fourth-order valence-corrected chi connectivity index (χ4v) is 4.62. The Morgan fingerprint density at radius 3 is 2.59 bits per heavy atom. The van der Waals surface area contributed by atoms with Crippen molar-refractivity contribution in [2.24, 2.45) is 0 Å². The van der Waals surface area contributed by atoms with Crippen LogP contribution in [0.5, 0.6) is 17.2 Å². The molecule has 1 N–H and O–H groups in total. The van der Waals surface area contributed by atoms with Crippen LogP contribution in [0.25, 0.3) is 0 Å². The molecule has 1 amide bonds. The van der Waals surface area contributed by atoms with E-state index in [1.54, 1.807) is 24.5 Å². The van der Waals surface area contributed by atoms with E-state index in [0.29, 0.717) is 56.6 Å². The first-order valence-corrected chi connectivity index (χ1v) is 13.0.